The Labute approximate surface area is 195 Å². The number of hydrogen-bond donors (Lipinski definition) is 1. The molecule has 0 unspecified atom stereocenters. The summed E-state index contributed by atoms with van der Waals surface area (Å²) in [6.45, 7) is 0. The maximum Gasteiger partial charge on any atom is 0.265 e. The van der Waals surface area contributed by atoms with Crippen molar-refractivity contribution in [2.45, 2.75) is 9.79 Å². The Kier molecular flexibility index (Phi) is 5.25. The summed E-state index contributed by atoms with van der Waals surface area (Å²) < 4.78 is 0.863. The molecule has 5 rings (SSSR count). The van der Waals surface area contributed by atoms with Crippen molar-refractivity contribution in [3.05, 3.63) is 94.5 Å². The maximum absolute atomic E-state index is 13.2. The van der Waals surface area contributed by atoms with Crippen LogP contribution in [0.3, 0.4) is 0 Å². The topological polar surface area (TPSA) is 63.4 Å². The quantitative estimate of drug-likeness (QED) is 0.187. The normalized spacial score (nSPS) is 13.1. The molecule has 4 aromatic rings. The molecule has 0 atom stereocenters. The van der Waals surface area contributed by atoms with Gasteiger partial charge in [0.25, 0.3) is 11.8 Å². The van der Waals surface area contributed by atoms with Gasteiger partial charge in [0.15, 0.2) is 0 Å². The molecule has 2 N–H and O–H groups in total. The fourth-order valence-electron chi connectivity index (χ4n) is 3.57. The number of rotatable bonds is 4. The molecule has 0 fully saturated rings. The molecule has 4 nitrogen and oxygen atoms in total. The lowest BCUT2D eigenvalue weighted by atomic mass is 9.94. The summed E-state index contributed by atoms with van der Waals surface area (Å²) in [6, 6.07) is 24.3. The van der Waals surface area contributed by atoms with Crippen molar-refractivity contribution in [3.8, 4) is 0 Å². The van der Waals surface area contributed by atoms with Crippen molar-refractivity contribution in [3.63, 3.8) is 0 Å². The number of nitrogens with two attached hydrogens (primary N) is 1. The van der Waals surface area contributed by atoms with Gasteiger partial charge in [-0.15, -0.1) is 0 Å². The van der Waals surface area contributed by atoms with E-state index in [1.54, 1.807) is 33.7 Å². The number of nitrogens with zero attached hydrogens (tertiary/aromatic N) is 1. The lowest BCUT2D eigenvalue weighted by Gasteiger charge is -2.27. The summed E-state index contributed by atoms with van der Waals surface area (Å²) in [5, 5.41) is 1.57. The molecule has 0 spiro atoms. The van der Waals surface area contributed by atoms with Crippen LogP contribution >= 0.6 is 37.5 Å². The van der Waals surface area contributed by atoms with Gasteiger partial charge in [0, 0.05) is 36.5 Å². The van der Waals surface area contributed by atoms with Crippen LogP contribution in [0.4, 0.5) is 11.4 Å². The van der Waals surface area contributed by atoms with Gasteiger partial charge in [0.1, 0.15) is 0 Å². The second-order valence-electron chi connectivity index (χ2n) is 7.00. The predicted octanol–water partition coefficient (Wildman–Crippen LogP) is 6.78. The second kappa shape index (κ2) is 8.07. The van der Waals surface area contributed by atoms with Crippen molar-refractivity contribution in [1.82, 2.24) is 0 Å². The summed E-state index contributed by atoms with van der Waals surface area (Å²) in [5.41, 5.74) is 8.09. The van der Waals surface area contributed by atoms with Gasteiger partial charge in [-0.25, -0.2) is 4.90 Å². The predicted molar refractivity (Wildman–Crippen MR) is 132 cm³/mol. The first-order valence-corrected chi connectivity index (χ1v) is 12.4. The Morgan fingerprint density at radius 3 is 1.94 bits per heavy atom. The van der Waals surface area contributed by atoms with Gasteiger partial charge in [0.05, 0.1) is 5.69 Å². The van der Waals surface area contributed by atoms with Gasteiger partial charge >= 0.3 is 0 Å². The van der Waals surface area contributed by atoms with E-state index in [1.807, 2.05) is 66.7 Å². The molecule has 0 aromatic heterocycles. The van der Waals surface area contributed by atoms with E-state index in [2.05, 4.69) is 15.9 Å². The third-order valence-electron chi connectivity index (χ3n) is 5.06. The number of anilines is 2. The maximum atomic E-state index is 13.2. The van der Waals surface area contributed by atoms with E-state index >= 15 is 0 Å². The number of carbonyl (C=O) groups excluding carboxylic acids is 2. The monoisotopic (exact) mass is 506 g/mol. The van der Waals surface area contributed by atoms with Crippen LogP contribution in [0.1, 0.15) is 20.7 Å². The lowest BCUT2D eigenvalue weighted by molar-refractivity contribution is 0.0893. The van der Waals surface area contributed by atoms with E-state index in [4.69, 9.17) is 5.73 Å². The van der Waals surface area contributed by atoms with E-state index in [-0.39, 0.29) is 11.8 Å². The molecular weight excluding hydrogens is 492 g/mol. The molecule has 2 amide bonds. The second-order valence-corrected chi connectivity index (χ2v) is 10.1. The molecule has 0 saturated carbocycles. The van der Waals surface area contributed by atoms with E-state index in [1.165, 1.54) is 4.90 Å². The first-order valence-electron chi connectivity index (χ1n) is 9.43. The lowest BCUT2D eigenvalue weighted by Crippen LogP contribution is -2.40. The van der Waals surface area contributed by atoms with Crippen LogP contribution in [-0.2, 0) is 0 Å². The zero-order valence-electron chi connectivity index (χ0n) is 16.0. The molecule has 0 saturated heterocycles. The molecule has 0 aliphatic carbocycles. The summed E-state index contributed by atoms with van der Waals surface area (Å²) in [7, 11) is 3.23. The molecule has 0 radical (unpaired) electrons. The molecule has 31 heavy (non-hydrogen) atoms. The average Bonchev–Trinajstić information content (AvgIpc) is 2.79. The minimum atomic E-state index is -0.308. The summed E-state index contributed by atoms with van der Waals surface area (Å²) >= 11 is 3.51. The number of carbonyl (C=O) groups is 2. The number of amides is 2. The minimum Gasteiger partial charge on any atom is -0.399 e. The van der Waals surface area contributed by atoms with E-state index < -0.39 is 0 Å². The molecule has 7 heteroatoms. The SMILES string of the molecule is Nc1ccc(SSc2ccc(N3C(=O)c4cccc5c(Br)ccc(c45)C3=O)cc2)cc1. The van der Waals surface area contributed by atoms with Gasteiger partial charge in [-0.2, -0.15) is 0 Å². The largest absolute Gasteiger partial charge is 0.399 e. The zero-order valence-corrected chi connectivity index (χ0v) is 19.3. The van der Waals surface area contributed by atoms with Crippen LogP contribution in [-0.4, -0.2) is 11.8 Å². The average molecular weight is 507 g/mol. The highest BCUT2D eigenvalue weighted by Gasteiger charge is 2.34. The number of imide groups is 1. The van der Waals surface area contributed by atoms with E-state index in [0.717, 1.165) is 25.3 Å². The smallest absolute Gasteiger partial charge is 0.265 e. The van der Waals surface area contributed by atoms with Crippen LogP contribution in [0, 0.1) is 0 Å². The van der Waals surface area contributed by atoms with Gasteiger partial charge in [-0.3, -0.25) is 9.59 Å². The summed E-state index contributed by atoms with van der Waals surface area (Å²) in [5.74, 6) is -0.615. The van der Waals surface area contributed by atoms with Crippen molar-refractivity contribution in [2.24, 2.45) is 0 Å². The van der Waals surface area contributed by atoms with Crippen molar-refractivity contribution in [2.75, 3.05) is 10.6 Å². The molecular formula is C24H15BrN2O2S2. The van der Waals surface area contributed by atoms with E-state index in [0.29, 0.717) is 22.2 Å². The fourth-order valence-corrected chi connectivity index (χ4v) is 5.96. The Hall–Kier alpha value is -2.74. The van der Waals surface area contributed by atoms with Crippen LogP contribution < -0.4 is 10.6 Å². The molecule has 152 valence electrons. The fraction of sp³-hybridized carbons (Fsp3) is 0. The number of halogens is 1. The zero-order chi connectivity index (χ0) is 21.5. The number of nitrogen functional groups attached to an aromatic ring is 1. The summed E-state index contributed by atoms with van der Waals surface area (Å²) in [6.07, 6.45) is 0. The third kappa shape index (κ3) is 3.63. The van der Waals surface area contributed by atoms with Crippen LogP contribution in [0.2, 0.25) is 0 Å². The first kappa shape index (κ1) is 20.2. The third-order valence-corrected chi connectivity index (χ3v) is 8.17. The molecule has 1 aliphatic heterocycles. The Balaban J connectivity index is 1.43. The van der Waals surface area contributed by atoms with Gasteiger partial charge in [0.2, 0.25) is 0 Å². The minimum absolute atomic E-state index is 0.308. The first-order chi connectivity index (χ1) is 15.0. The number of benzene rings is 4. The Morgan fingerprint density at radius 2 is 1.29 bits per heavy atom. The molecule has 4 aromatic carbocycles. The van der Waals surface area contributed by atoms with Crippen molar-refractivity contribution < 1.29 is 9.59 Å². The Morgan fingerprint density at radius 1 is 0.710 bits per heavy atom. The van der Waals surface area contributed by atoms with Crippen LogP contribution in [0.5, 0.6) is 0 Å². The molecule has 1 aliphatic rings. The Bertz CT molecular complexity index is 1320. The van der Waals surface area contributed by atoms with Gasteiger partial charge in [-0.1, -0.05) is 49.7 Å². The standard InChI is InChI=1S/C24H15BrN2O2S2/c25-21-13-12-20-22-18(21)2-1-3-19(22)23(28)27(24(20)29)15-6-10-17(11-7-15)31-30-16-8-4-14(26)5-9-16/h1-13H,26H2. The van der Waals surface area contributed by atoms with Crippen molar-refractivity contribution in [1.29, 1.82) is 0 Å². The summed E-state index contributed by atoms with van der Waals surface area (Å²) in [4.78, 5) is 29.8. The van der Waals surface area contributed by atoms with Crippen LogP contribution in [0.25, 0.3) is 10.8 Å². The highest BCUT2D eigenvalue weighted by Crippen LogP contribution is 2.39. The highest BCUT2D eigenvalue weighted by molar-refractivity contribution is 9.10. The van der Waals surface area contributed by atoms with Crippen LogP contribution in [0.15, 0.2) is 93.1 Å². The van der Waals surface area contributed by atoms with E-state index in [9.17, 15) is 9.59 Å². The molecule has 0 bridgehead atoms. The number of hydrogen-bond acceptors (Lipinski definition) is 5. The highest BCUT2D eigenvalue weighted by atomic mass is 79.9. The van der Waals surface area contributed by atoms with Crippen molar-refractivity contribution >= 4 is 71.5 Å². The molecule has 1 heterocycles. The van der Waals surface area contributed by atoms with Gasteiger partial charge in [-0.05, 0) is 72.1 Å². The van der Waals surface area contributed by atoms with Gasteiger partial charge < -0.3 is 5.73 Å².